The molecule has 8 nitrogen and oxygen atoms in total. The average Bonchev–Trinajstić information content (AvgIpc) is 3.24. The zero-order valence-electron chi connectivity index (χ0n) is 30.1. The van der Waals surface area contributed by atoms with Gasteiger partial charge in [-0.15, -0.1) is 0 Å². The standard InChI is InChI=1S/C18H15P.C9H9N3O.C9H11NO.C9H10O2/c1-4-10-16(11-5-1)19(17-12-6-2-7-13-17)18-14-8-3-9-15-18;10-12-11-8-5-6-13-9-4-2-1-3-7(8)9;2*10-8-5-6-11-9-4-2-1-3-7(8)9/h1-15H;1-4,8H,5-6H2;1-4,8H,5-6,10H2;1-4,8,10H,5-6H2. The van der Waals surface area contributed by atoms with Crippen molar-refractivity contribution in [2.75, 3.05) is 19.8 Å². The minimum atomic E-state index is -0.446. The Morgan fingerprint density at radius 3 is 1.39 bits per heavy atom. The minimum Gasteiger partial charge on any atom is -0.493 e. The Hall–Kier alpha value is -5.62. The number of para-hydroxylation sites is 3. The summed E-state index contributed by atoms with van der Waals surface area (Å²) in [6, 6.07) is 55.7. The normalized spacial score (nSPS) is 17.4. The van der Waals surface area contributed by atoms with E-state index in [0.717, 1.165) is 53.4 Å². The van der Waals surface area contributed by atoms with E-state index in [4.69, 9.17) is 25.5 Å². The summed E-state index contributed by atoms with van der Waals surface area (Å²) in [6.07, 6.45) is 2.06. The number of hydrogen-bond donors (Lipinski definition) is 2. The molecule has 3 aliphatic rings. The molecule has 0 saturated heterocycles. The summed E-state index contributed by atoms with van der Waals surface area (Å²) in [4.78, 5) is 2.83. The van der Waals surface area contributed by atoms with Crippen molar-refractivity contribution < 1.29 is 19.3 Å². The van der Waals surface area contributed by atoms with Gasteiger partial charge in [0.1, 0.15) is 17.2 Å². The fourth-order valence-corrected chi connectivity index (χ4v) is 8.68. The predicted molar refractivity (Wildman–Crippen MR) is 219 cm³/mol. The van der Waals surface area contributed by atoms with E-state index in [1.165, 1.54) is 15.9 Å². The van der Waals surface area contributed by atoms with Crippen LogP contribution in [0.1, 0.15) is 54.1 Å². The molecule has 6 aromatic rings. The summed E-state index contributed by atoms with van der Waals surface area (Å²) >= 11 is 0. The third-order valence-electron chi connectivity index (χ3n) is 9.09. The van der Waals surface area contributed by atoms with Crippen molar-refractivity contribution >= 4 is 23.8 Å². The zero-order chi connectivity index (χ0) is 37.4. The first kappa shape index (κ1) is 38.1. The highest BCUT2D eigenvalue weighted by Crippen LogP contribution is 2.35. The summed E-state index contributed by atoms with van der Waals surface area (Å²) in [6.45, 7) is 2.00. The van der Waals surface area contributed by atoms with E-state index in [1.807, 2.05) is 72.8 Å². The van der Waals surface area contributed by atoms with E-state index in [9.17, 15) is 5.11 Å². The Kier molecular flexibility index (Phi) is 14.1. The lowest BCUT2D eigenvalue weighted by molar-refractivity contribution is 0.115. The topological polar surface area (TPSA) is 123 Å². The van der Waals surface area contributed by atoms with Gasteiger partial charge in [0.05, 0.1) is 32.0 Å². The van der Waals surface area contributed by atoms with Gasteiger partial charge in [-0.1, -0.05) is 151 Å². The van der Waals surface area contributed by atoms with Crippen LogP contribution in [0, 0.1) is 0 Å². The highest BCUT2D eigenvalue weighted by molar-refractivity contribution is 7.79. The van der Waals surface area contributed by atoms with Gasteiger partial charge in [-0.05, 0) is 54.0 Å². The van der Waals surface area contributed by atoms with Crippen LogP contribution in [-0.2, 0) is 0 Å². The van der Waals surface area contributed by atoms with E-state index in [1.54, 1.807) is 0 Å². The van der Waals surface area contributed by atoms with Gasteiger partial charge >= 0.3 is 0 Å². The SMILES string of the molecule is NC1CCOc2ccccc21.OC1CCOc2ccccc21.[N-]=[N+]=NC1CCOc2ccccc21.c1ccc(P(c2ccccc2)c2ccccc2)cc1. The molecule has 3 heterocycles. The van der Waals surface area contributed by atoms with E-state index in [0.29, 0.717) is 19.6 Å². The number of fused-ring (bicyclic) bond motifs is 3. The largest absolute Gasteiger partial charge is 0.493 e. The molecule has 3 N–H and O–H groups in total. The highest BCUT2D eigenvalue weighted by Gasteiger charge is 2.20. The van der Waals surface area contributed by atoms with Crippen molar-refractivity contribution in [3.63, 3.8) is 0 Å². The second kappa shape index (κ2) is 20.0. The number of benzene rings is 6. The molecule has 0 radical (unpaired) electrons. The van der Waals surface area contributed by atoms with Gasteiger partial charge in [0.15, 0.2) is 0 Å². The van der Waals surface area contributed by atoms with Crippen LogP contribution in [0.15, 0.2) is 169 Å². The summed E-state index contributed by atoms with van der Waals surface area (Å²) in [5.41, 5.74) is 17.3. The maximum Gasteiger partial charge on any atom is 0.125 e. The molecule has 3 unspecified atom stereocenters. The van der Waals surface area contributed by atoms with E-state index >= 15 is 0 Å². The van der Waals surface area contributed by atoms with Gasteiger partial charge in [0.25, 0.3) is 0 Å². The quantitative estimate of drug-likeness (QED) is 0.0809. The van der Waals surface area contributed by atoms with Crippen molar-refractivity contribution in [1.82, 2.24) is 0 Å². The van der Waals surface area contributed by atoms with Crippen LogP contribution >= 0.6 is 7.92 Å². The number of hydrogen-bond acceptors (Lipinski definition) is 6. The van der Waals surface area contributed by atoms with Gasteiger partial charge in [-0.25, -0.2) is 0 Å². The summed E-state index contributed by atoms with van der Waals surface area (Å²) in [7, 11) is -0.446. The average molecular weight is 737 g/mol. The fourth-order valence-electron chi connectivity index (χ4n) is 6.38. The molecule has 3 aliphatic heterocycles. The van der Waals surface area contributed by atoms with E-state index in [2.05, 4.69) is 101 Å². The number of ether oxygens (including phenoxy) is 3. The highest BCUT2D eigenvalue weighted by atomic mass is 31.1. The minimum absolute atomic E-state index is 0.0602. The first-order valence-electron chi connectivity index (χ1n) is 18.2. The number of aliphatic hydroxyl groups excluding tert-OH is 1. The molecule has 0 saturated carbocycles. The summed E-state index contributed by atoms with van der Waals surface area (Å²) in [5, 5.41) is 17.4. The van der Waals surface area contributed by atoms with E-state index < -0.39 is 7.92 Å². The van der Waals surface area contributed by atoms with Crippen LogP contribution in [0.4, 0.5) is 0 Å². The molecule has 0 aromatic heterocycles. The van der Waals surface area contributed by atoms with Crippen molar-refractivity contribution in [1.29, 1.82) is 0 Å². The summed E-state index contributed by atoms with van der Waals surface area (Å²) in [5.74, 6) is 2.61. The molecule has 3 atom stereocenters. The van der Waals surface area contributed by atoms with Crippen LogP contribution in [0.3, 0.4) is 0 Å². The Morgan fingerprint density at radius 1 is 0.519 bits per heavy atom. The molecule has 6 aromatic carbocycles. The number of nitrogens with two attached hydrogens (primary N) is 1. The van der Waals surface area contributed by atoms with Gasteiger partial charge in [0, 0.05) is 40.5 Å². The first-order valence-corrected chi connectivity index (χ1v) is 19.5. The van der Waals surface area contributed by atoms with Gasteiger partial charge in [-0.3, -0.25) is 0 Å². The zero-order valence-corrected chi connectivity index (χ0v) is 31.0. The van der Waals surface area contributed by atoms with Gasteiger partial charge in [0.2, 0.25) is 0 Å². The van der Waals surface area contributed by atoms with Crippen molar-refractivity contribution in [3.8, 4) is 17.2 Å². The number of aliphatic hydroxyl groups is 1. The number of azide groups is 1. The Morgan fingerprint density at radius 2 is 0.907 bits per heavy atom. The first-order chi connectivity index (χ1) is 26.6. The molecule has 0 aliphatic carbocycles. The van der Waals surface area contributed by atoms with E-state index in [-0.39, 0.29) is 18.2 Å². The van der Waals surface area contributed by atoms with Gasteiger partial charge < -0.3 is 25.1 Å². The summed E-state index contributed by atoms with van der Waals surface area (Å²) < 4.78 is 16.2. The smallest absolute Gasteiger partial charge is 0.125 e. The Balaban J connectivity index is 0.000000126. The second-order valence-corrected chi connectivity index (χ2v) is 14.9. The lowest BCUT2D eigenvalue weighted by Crippen LogP contribution is -2.20. The van der Waals surface area contributed by atoms with Crippen molar-refractivity contribution in [3.05, 3.63) is 191 Å². The Labute approximate surface area is 318 Å². The second-order valence-electron chi connectivity index (χ2n) is 12.7. The third-order valence-corrected chi connectivity index (χ3v) is 11.5. The Bertz CT molecular complexity index is 1930. The molecule has 0 fully saturated rings. The predicted octanol–water partition coefficient (Wildman–Crippen LogP) is 9.24. The van der Waals surface area contributed by atoms with Crippen LogP contribution in [0.25, 0.3) is 10.4 Å². The van der Waals surface area contributed by atoms with Gasteiger partial charge in [-0.2, -0.15) is 0 Å². The van der Waals surface area contributed by atoms with Crippen molar-refractivity contribution in [2.24, 2.45) is 10.8 Å². The molecule has 0 bridgehead atoms. The maximum absolute atomic E-state index is 9.48. The van der Waals surface area contributed by atoms with Crippen LogP contribution in [-0.4, -0.2) is 24.9 Å². The molecule has 0 amide bonds. The lowest BCUT2D eigenvalue weighted by Gasteiger charge is -2.22. The maximum atomic E-state index is 9.48. The molecule has 9 rings (SSSR count). The molecular formula is C45H45N4O4P. The third kappa shape index (κ3) is 10.3. The lowest BCUT2D eigenvalue weighted by atomic mass is 10.0. The van der Waals surface area contributed by atoms with Crippen LogP contribution < -0.4 is 35.9 Å². The molecule has 274 valence electrons. The molecule has 54 heavy (non-hydrogen) atoms. The monoisotopic (exact) mass is 736 g/mol. The number of nitrogens with zero attached hydrogens (tertiary/aromatic N) is 3. The molecular weight excluding hydrogens is 691 g/mol. The fraction of sp³-hybridized carbons (Fsp3) is 0.200. The van der Waals surface area contributed by atoms with Crippen LogP contribution in [0.2, 0.25) is 0 Å². The molecule has 0 spiro atoms. The number of rotatable bonds is 4. The van der Waals surface area contributed by atoms with Crippen LogP contribution in [0.5, 0.6) is 17.2 Å². The molecule has 9 heteroatoms. The van der Waals surface area contributed by atoms with Crippen molar-refractivity contribution in [2.45, 2.75) is 37.5 Å².